The molecule has 0 aliphatic carbocycles. The van der Waals surface area contributed by atoms with Crippen molar-refractivity contribution in [2.45, 2.75) is 32.3 Å². The maximum atomic E-state index is 13.5. The maximum Gasteiger partial charge on any atom is 0.385 e. The van der Waals surface area contributed by atoms with Crippen LogP contribution in [0.4, 0.5) is 4.39 Å². The van der Waals surface area contributed by atoms with Gasteiger partial charge in [0.25, 0.3) is 0 Å². The first-order valence-electron chi connectivity index (χ1n) is 8.12. The van der Waals surface area contributed by atoms with E-state index in [2.05, 4.69) is 81.7 Å². The highest BCUT2D eigenvalue weighted by atomic mass is 31.2. The minimum Gasteiger partial charge on any atom is -0.462 e. The van der Waals surface area contributed by atoms with E-state index in [1.54, 1.807) is 6.92 Å². The van der Waals surface area contributed by atoms with Crippen molar-refractivity contribution < 1.29 is 37.8 Å². The van der Waals surface area contributed by atoms with Gasteiger partial charge in [0.1, 0.15) is 12.7 Å². The summed E-state index contributed by atoms with van der Waals surface area (Å²) in [6.45, 7) is 2.10. The van der Waals surface area contributed by atoms with Gasteiger partial charge in [-0.05, 0) is 78.0 Å². The number of carbonyl (C=O) groups excluding carboxylic acids is 2. The third-order valence-electron chi connectivity index (χ3n) is 2.55. The Kier molecular flexibility index (Phi) is 13.7. The van der Waals surface area contributed by atoms with Gasteiger partial charge in [0.15, 0.2) is 0 Å². The monoisotopic (exact) mass is 440 g/mol. The van der Waals surface area contributed by atoms with Crippen LogP contribution in [0, 0.1) is 82.9 Å². The van der Waals surface area contributed by atoms with Crippen LogP contribution in [-0.2, 0) is 23.6 Å². The van der Waals surface area contributed by atoms with Crippen molar-refractivity contribution >= 4 is 19.5 Å². The Hall–Kier alpha value is -4.06. The van der Waals surface area contributed by atoms with Gasteiger partial charge in [0, 0.05) is 19.3 Å². The van der Waals surface area contributed by atoms with E-state index in [-0.39, 0.29) is 0 Å². The Morgan fingerprint density at radius 3 is 1.77 bits per heavy atom. The normalized spacial score (nSPS) is 9.97. The van der Waals surface area contributed by atoms with Gasteiger partial charge in [0.2, 0.25) is 5.91 Å². The summed E-state index contributed by atoms with van der Waals surface area (Å²) in [5.74, 6) is 28.4. The Balaban J connectivity index is 4.85. The predicted molar refractivity (Wildman–Crippen MR) is 108 cm³/mol. The zero-order valence-electron chi connectivity index (χ0n) is 16.3. The Labute approximate surface area is 179 Å². The van der Waals surface area contributed by atoms with E-state index in [0.29, 0.717) is 0 Å². The van der Waals surface area contributed by atoms with E-state index in [0.717, 1.165) is 6.92 Å². The fourth-order valence-corrected chi connectivity index (χ4v) is 1.86. The summed E-state index contributed by atoms with van der Waals surface area (Å²) >= 11 is 0. The summed E-state index contributed by atoms with van der Waals surface area (Å²) in [4.78, 5) is 40.0. The van der Waals surface area contributed by atoms with Crippen molar-refractivity contribution in [3.8, 4) is 82.9 Å². The third kappa shape index (κ3) is 16.6. The highest BCUT2D eigenvalue weighted by molar-refractivity contribution is 7.52. The molecule has 0 aliphatic rings. The molecular weight excluding hydrogens is 426 g/mol. The van der Waals surface area contributed by atoms with Crippen LogP contribution in [0.1, 0.15) is 20.3 Å². The lowest BCUT2D eigenvalue weighted by molar-refractivity contribution is -0.154. The number of rotatable bonds is 6. The summed E-state index contributed by atoms with van der Waals surface area (Å²) in [7, 11) is -5.06. The molecule has 2 atom stereocenters. The van der Waals surface area contributed by atoms with Crippen LogP contribution in [0.5, 0.6) is 0 Å². The maximum absolute atomic E-state index is 13.5. The second-order valence-electron chi connectivity index (χ2n) is 4.96. The Morgan fingerprint density at radius 1 is 0.903 bits per heavy atom. The Bertz CT molecular complexity index is 1160. The highest BCUT2D eigenvalue weighted by Gasteiger charge is 2.33. The molecule has 0 aromatic rings. The Morgan fingerprint density at radius 2 is 1.35 bits per heavy atom. The molecule has 7 nitrogen and oxygen atoms in total. The minimum atomic E-state index is -5.06. The zero-order chi connectivity index (χ0) is 23.5. The summed E-state index contributed by atoms with van der Waals surface area (Å²) in [5, 5.41) is 0. The first kappa shape index (κ1) is 26.9. The molecule has 0 aliphatic heterocycles. The van der Waals surface area contributed by atoms with E-state index < -0.39 is 44.6 Å². The van der Waals surface area contributed by atoms with Gasteiger partial charge in [-0.15, -0.1) is 0 Å². The average Bonchev–Trinajstić information content (AvgIpc) is 2.68. The standard InChI is InChI=1S/C22H14FO7P/c1-3-4-5-6-7-8-9-10-11-12-13-14-15-16-22(25)30-20(18-29-19(2)24)17-21(23)31(26,27)28/h20-21H,17-18H2,1-2H3,(H2,26,27,28)/t20-,21?/m1/s1. The summed E-state index contributed by atoms with van der Waals surface area (Å²) in [6.07, 6.45) is -2.34. The molecule has 9 heteroatoms. The molecule has 156 valence electrons. The lowest BCUT2D eigenvalue weighted by atomic mass is 10.3. The molecule has 0 bridgehead atoms. The number of carbonyl (C=O) groups is 2. The fraction of sp³-hybridized carbons (Fsp3) is 0.273. The molecule has 0 radical (unpaired) electrons. The van der Waals surface area contributed by atoms with Crippen LogP contribution in [0.3, 0.4) is 0 Å². The highest BCUT2D eigenvalue weighted by Crippen LogP contribution is 2.44. The van der Waals surface area contributed by atoms with Gasteiger partial charge in [0.05, 0.1) is 0 Å². The van der Waals surface area contributed by atoms with Crippen LogP contribution < -0.4 is 0 Å². The molecule has 0 aromatic heterocycles. The molecule has 0 aromatic carbocycles. The summed E-state index contributed by atoms with van der Waals surface area (Å²) in [5.41, 5.74) is 0. The lowest BCUT2D eigenvalue weighted by Gasteiger charge is -2.18. The fourth-order valence-electron chi connectivity index (χ4n) is 1.35. The second-order valence-corrected chi connectivity index (χ2v) is 6.70. The molecule has 2 N–H and O–H groups in total. The molecule has 0 rings (SSSR count). The first-order valence-corrected chi connectivity index (χ1v) is 9.81. The SMILES string of the molecule is CC#CC#CC#CC#CC#CC#CC#CC(=O)O[C@@H](COC(C)=O)CC(F)P(=O)(O)O. The van der Waals surface area contributed by atoms with Crippen LogP contribution >= 0.6 is 7.60 Å². The van der Waals surface area contributed by atoms with Crippen LogP contribution in [0.2, 0.25) is 0 Å². The van der Waals surface area contributed by atoms with E-state index in [1.165, 1.54) is 0 Å². The first-order chi connectivity index (χ1) is 14.7. The van der Waals surface area contributed by atoms with Crippen LogP contribution in [-0.4, -0.2) is 40.3 Å². The van der Waals surface area contributed by atoms with Gasteiger partial charge in [-0.2, -0.15) is 0 Å². The van der Waals surface area contributed by atoms with Gasteiger partial charge in [-0.25, -0.2) is 9.18 Å². The molecule has 0 spiro atoms. The van der Waals surface area contributed by atoms with Crippen molar-refractivity contribution in [3.63, 3.8) is 0 Å². The van der Waals surface area contributed by atoms with Gasteiger partial charge >= 0.3 is 19.5 Å². The predicted octanol–water partition coefficient (Wildman–Crippen LogP) is 0.368. The molecule has 0 saturated heterocycles. The number of esters is 2. The molecule has 31 heavy (non-hydrogen) atoms. The van der Waals surface area contributed by atoms with Crippen LogP contribution in [0.15, 0.2) is 0 Å². The summed E-state index contributed by atoms with van der Waals surface area (Å²) in [6, 6.07) is 0. The average molecular weight is 440 g/mol. The molecule has 0 fully saturated rings. The van der Waals surface area contributed by atoms with Crippen molar-refractivity contribution in [3.05, 3.63) is 0 Å². The van der Waals surface area contributed by atoms with E-state index in [1.807, 2.05) is 5.92 Å². The third-order valence-corrected chi connectivity index (χ3v) is 3.49. The molecule has 0 saturated carbocycles. The number of alkyl halides is 1. The number of hydrogen-bond acceptors (Lipinski definition) is 5. The van der Waals surface area contributed by atoms with Gasteiger partial charge in [-0.1, -0.05) is 5.92 Å². The quantitative estimate of drug-likeness (QED) is 0.266. The summed E-state index contributed by atoms with van der Waals surface area (Å²) < 4.78 is 33.7. The molecule has 0 amide bonds. The molecular formula is C22H14FO7P. The zero-order valence-corrected chi connectivity index (χ0v) is 17.2. The number of halogens is 1. The smallest absolute Gasteiger partial charge is 0.385 e. The largest absolute Gasteiger partial charge is 0.462 e. The molecule has 1 unspecified atom stereocenters. The van der Waals surface area contributed by atoms with Crippen LogP contribution in [0.25, 0.3) is 0 Å². The van der Waals surface area contributed by atoms with E-state index in [9.17, 15) is 18.5 Å². The number of hydrogen-bond donors (Lipinski definition) is 2. The van der Waals surface area contributed by atoms with E-state index in [4.69, 9.17) is 14.5 Å². The van der Waals surface area contributed by atoms with E-state index >= 15 is 0 Å². The number of ether oxygens (including phenoxy) is 2. The molecule has 0 heterocycles. The minimum absolute atomic E-state index is 0.598. The van der Waals surface area contributed by atoms with Crippen molar-refractivity contribution in [2.75, 3.05) is 6.61 Å². The van der Waals surface area contributed by atoms with Crippen molar-refractivity contribution in [1.82, 2.24) is 0 Å². The van der Waals surface area contributed by atoms with Gasteiger partial charge < -0.3 is 19.3 Å². The van der Waals surface area contributed by atoms with Crippen molar-refractivity contribution in [1.29, 1.82) is 0 Å². The van der Waals surface area contributed by atoms with Crippen molar-refractivity contribution in [2.24, 2.45) is 0 Å². The lowest BCUT2D eigenvalue weighted by Crippen LogP contribution is -2.27. The second kappa shape index (κ2) is 15.8. The topological polar surface area (TPSA) is 110 Å². The van der Waals surface area contributed by atoms with Gasteiger partial charge in [-0.3, -0.25) is 9.36 Å².